The smallest absolute Gasteiger partial charge is 0.366 e. The van der Waals surface area contributed by atoms with Gasteiger partial charge in [0.05, 0.1) is 10.6 Å². The van der Waals surface area contributed by atoms with Gasteiger partial charge in [0.1, 0.15) is 12.3 Å². The van der Waals surface area contributed by atoms with Crippen molar-refractivity contribution in [2.24, 2.45) is 0 Å². The number of nitrogens with zero attached hydrogens (tertiary/aromatic N) is 1. The van der Waals surface area contributed by atoms with Gasteiger partial charge in [-0.05, 0) is 37.7 Å². The molecule has 3 aromatic carbocycles. The zero-order chi connectivity index (χ0) is 27.9. The van der Waals surface area contributed by atoms with Gasteiger partial charge in [-0.15, -0.1) is 0 Å². The molecule has 1 heterocycles. The summed E-state index contributed by atoms with van der Waals surface area (Å²) in [5, 5.41) is 7.24. The van der Waals surface area contributed by atoms with Crippen molar-refractivity contribution in [2.75, 3.05) is 12.4 Å². The van der Waals surface area contributed by atoms with E-state index >= 15 is 0 Å². The third kappa shape index (κ3) is 6.91. The van der Waals surface area contributed by atoms with Gasteiger partial charge in [0.2, 0.25) is 0 Å². The minimum Gasteiger partial charge on any atom is -0.366 e. The number of fused-ring (bicyclic) bond motifs is 1. The van der Waals surface area contributed by atoms with Gasteiger partial charge in [-0.25, -0.2) is 0 Å². The summed E-state index contributed by atoms with van der Waals surface area (Å²) in [6.45, 7) is 10.6. The third-order valence-corrected chi connectivity index (χ3v) is 7.03. The lowest BCUT2D eigenvalue weighted by Gasteiger charge is -2.43. The normalized spacial score (nSPS) is 17.1. The van der Waals surface area contributed by atoms with Crippen LogP contribution in [0.3, 0.4) is 0 Å². The molecule has 1 aliphatic heterocycles. The van der Waals surface area contributed by atoms with Crippen LogP contribution in [0.5, 0.6) is 0 Å². The number of hydrogen-bond acceptors (Lipinski definition) is 3. The van der Waals surface area contributed by atoms with Gasteiger partial charge in [-0.3, -0.25) is 4.90 Å². The molecule has 3 nitrogen and oxygen atoms in total. The topological polar surface area (TPSA) is 27.3 Å². The highest BCUT2D eigenvalue weighted by Crippen LogP contribution is 2.43. The largest absolute Gasteiger partial charge is 0.416 e. The second-order valence-electron chi connectivity index (χ2n) is 9.55. The first-order valence-electron chi connectivity index (χ1n) is 13.0. The molecule has 0 saturated heterocycles. The number of para-hydroxylation sites is 1. The van der Waals surface area contributed by atoms with Crippen molar-refractivity contribution in [3.8, 4) is 0 Å². The summed E-state index contributed by atoms with van der Waals surface area (Å²) in [5.74, 6) is 0. The van der Waals surface area contributed by atoms with Crippen molar-refractivity contribution < 1.29 is 13.2 Å². The molecule has 204 valence electrons. The standard InChI is InChI=1S/C25H23ClF3N3.C6H14/c1-15-9-8-13-20(26)22(15)16(2)30-24-18-11-5-7-14-21(18)31-23(32(24)3)17-10-4-6-12-19(17)25(27,28)29;1-3-5-6-4-2/h4-14,23-24,30-31H,2H2,1,3H3;3-6H2,1-2H3. The average molecular weight is 544 g/mol. The van der Waals surface area contributed by atoms with E-state index < -0.39 is 24.1 Å². The second-order valence-corrected chi connectivity index (χ2v) is 9.96. The Morgan fingerprint density at radius 3 is 2.16 bits per heavy atom. The van der Waals surface area contributed by atoms with Crippen LogP contribution in [-0.2, 0) is 6.18 Å². The molecule has 0 fully saturated rings. The first-order valence-corrected chi connectivity index (χ1v) is 13.4. The number of alkyl halides is 3. The summed E-state index contributed by atoms with van der Waals surface area (Å²) in [6.07, 6.45) is -0.0614. The van der Waals surface area contributed by atoms with Gasteiger partial charge in [0.15, 0.2) is 0 Å². The van der Waals surface area contributed by atoms with Crippen molar-refractivity contribution in [1.82, 2.24) is 10.2 Å². The number of rotatable bonds is 7. The Kier molecular flexibility index (Phi) is 10.3. The van der Waals surface area contributed by atoms with Crippen molar-refractivity contribution in [1.29, 1.82) is 0 Å². The molecule has 0 aromatic heterocycles. The van der Waals surface area contributed by atoms with Gasteiger partial charge < -0.3 is 10.6 Å². The SMILES string of the molecule is C=C(NC1c2ccccc2NC(c2ccccc2C(F)(F)F)N1C)c1c(C)cccc1Cl.CCCCCC. The number of hydrogen-bond donors (Lipinski definition) is 2. The Morgan fingerprint density at radius 1 is 0.947 bits per heavy atom. The summed E-state index contributed by atoms with van der Waals surface area (Å²) in [4.78, 5) is 1.84. The fourth-order valence-electron chi connectivity index (χ4n) is 4.71. The number of aryl methyl sites for hydroxylation is 1. The molecule has 0 aliphatic carbocycles. The first kappa shape index (κ1) is 29.6. The van der Waals surface area contributed by atoms with Gasteiger partial charge in [-0.1, -0.05) is 106 Å². The molecule has 2 atom stereocenters. The van der Waals surface area contributed by atoms with Crippen LogP contribution in [0, 0.1) is 6.92 Å². The van der Waals surface area contributed by atoms with Crippen LogP contribution in [0.4, 0.5) is 18.9 Å². The summed E-state index contributed by atoms with van der Waals surface area (Å²) < 4.78 is 41.3. The minimum atomic E-state index is -4.46. The van der Waals surface area contributed by atoms with Crippen LogP contribution in [-0.4, -0.2) is 11.9 Å². The number of benzene rings is 3. The van der Waals surface area contributed by atoms with E-state index in [2.05, 4.69) is 31.1 Å². The third-order valence-electron chi connectivity index (χ3n) is 6.71. The number of unbranched alkanes of at least 4 members (excludes halogenated alkanes) is 3. The summed E-state index contributed by atoms with van der Waals surface area (Å²) in [6, 6.07) is 18.8. The fourth-order valence-corrected chi connectivity index (χ4v) is 5.04. The molecule has 0 bridgehead atoms. The van der Waals surface area contributed by atoms with E-state index in [1.165, 1.54) is 37.8 Å². The maximum absolute atomic E-state index is 13.8. The van der Waals surface area contributed by atoms with Gasteiger partial charge in [-0.2, -0.15) is 13.2 Å². The van der Waals surface area contributed by atoms with E-state index in [4.69, 9.17) is 11.6 Å². The van der Waals surface area contributed by atoms with Crippen LogP contribution in [0.1, 0.15) is 79.7 Å². The highest BCUT2D eigenvalue weighted by Gasteiger charge is 2.39. The Bertz CT molecular complexity index is 1200. The molecule has 0 saturated carbocycles. The Hall–Kier alpha value is -2.96. The van der Waals surface area contributed by atoms with Crippen molar-refractivity contribution in [3.63, 3.8) is 0 Å². The molecule has 1 aliphatic rings. The molecule has 2 N–H and O–H groups in total. The lowest BCUT2D eigenvalue weighted by atomic mass is 9.97. The maximum atomic E-state index is 13.8. The van der Waals surface area contributed by atoms with Crippen LogP contribution >= 0.6 is 11.6 Å². The summed E-state index contributed by atoms with van der Waals surface area (Å²) >= 11 is 6.42. The predicted molar refractivity (Wildman–Crippen MR) is 153 cm³/mol. The van der Waals surface area contributed by atoms with E-state index in [0.29, 0.717) is 10.7 Å². The molecule has 2 unspecified atom stereocenters. The molecule has 7 heteroatoms. The Labute approximate surface area is 229 Å². The van der Waals surface area contributed by atoms with Gasteiger partial charge in [0.25, 0.3) is 0 Å². The zero-order valence-corrected chi connectivity index (χ0v) is 23.3. The molecule has 0 spiro atoms. The lowest BCUT2D eigenvalue weighted by molar-refractivity contribution is -0.138. The van der Waals surface area contributed by atoms with Crippen LogP contribution < -0.4 is 10.6 Å². The summed E-state index contributed by atoms with van der Waals surface area (Å²) in [7, 11) is 1.78. The number of halogens is 4. The monoisotopic (exact) mass is 543 g/mol. The number of nitrogens with one attached hydrogen (secondary N) is 2. The lowest BCUT2D eigenvalue weighted by Crippen LogP contribution is -2.44. The van der Waals surface area contributed by atoms with Gasteiger partial charge in [0, 0.05) is 28.1 Å². The second kappa shape index (κ2) is 13.2. The number of anilines is 1. The molecule has 0 amide bonds. The minimum absolute atomic E-state index is 0.156. The molecule has 3 aromatic rings. The van der Waals surface area contributed by atoms with Crippen LogP contribution in [0.15, 0.2) is 73.3 Å². The van der Waals surface area contributed by atoms with E-state index in [1.54, 1.807) is 19.2 Å². The fraction of sp³-hybridized carbons (Fsp3) is 0.355. The van der Waals surface area contributed by atoms with E-state index in [-0.39, 0.29) is 5.56 Å². The highest BCUT2D eigenvalue weighted by atomic mass is 35.5. The van der Waals surface area contributed by atoms with E-state index in [0.717, 1.165) is 28.4 Å². The molecule has 0 radical (unpaired) electrons. The predicted octanol–water partition coefficient (Wildman–Crippen LogP) is 9.57. The first-order chi connectivity index (χ1) is 18.1. The molecular formula is C31H37ClF3N3. The molecular weight excluding hydrogens is 507 g/mol. The van der Waals surface area contributed by atoms with E-state index in [9.17, 15) is 13.2 Å². The highest BCUT2D eigenvalue weighted by molar-refractivity contribution is 6.32. The van der Waals surface area contributed by atoms with Crippen molar-refractivity contribution in [2.45, 2.75) is 65.0 Å². The maximum Gasteiger partial charge on any atom is 0.416 e. The average Bonchev–Trinajstić information content (AvgIpc) is 2.88. The summed E-state index contributed by atoms with van der Waals surface area (Å²) in [5.41, 5.74) is 3.50. The Balaban J connectivity index is 0.000000599. The van der Waals surface area contributed by atoms with Crippen molar-refractivity contribution >= 4 is 23.0 Å². The Morgan fingerprint density at radius 2 is 1.55 bits per heavy atom. The van der Waals surface area contributed by atoms with Crippen LogP contribution in [0.2, 0.25) is 5.02 Å². The van der Waals surface area contributed by atoms with Gasteiger partial charge >= 0.3 is 6.18 Å². The van der Waals surface area contributed by atoms with Crippen molar-refractivity contribution in [3.05, 3.63) is 106 Å². The van der Waals surface area contributed by atoms with Crippen LogP contribution in [0.25, 0.3) is 5.70 Å². The zero-order valence-electron chi connectivity index (χ0n) is 22.5. The molecule has 4 rings (SSSR count). The van der Waals surface area contributed by atoms with E-state index in [1.807, 2.05) is 48.2 Å². The molecule has 38 heavy (non-hydrogen) atoms. The quantitative estimate of drug-likeness (QED) is 0.290.